The van der Waals surface area contributed by atoms with E-state index in [1.54, 1.807) is 31.4 Å². The summed E-state index contributed by atoms with van der Waals surface area (Å²) in [5, 5.41) is 15.1. The Labute approximate surface area is 170 Å². The molecule has 0 bridgehead atoms. The lowest BCUT2D eigenvalue weighted by Crippen LogP contribution is -2.44. The normalized spacial score (nSPS) is 19.0. The second-order valence-electron chi connectivity index (χ2n) is 7.60. The van der Waals surface area contributed by atoms with Crippen molar-refractivity contribution in [3.05, 3.63) is 59.7 Å². The predicted molar refractivity (Wildman–Crippen MR) is 108 cm³/mol. The molecule has 4 nitrogen and oxygen atoms in total. The van der Waals surface area contributed by atoms with Crippen molar-refractivity contribution in [1.82, 2.24) is 5.32 Å². The first-order valence-electron chi connectivity index (χ1n) is 10.2. The second-order valence-corrected chi connectivity index (χ2v) is 7.60. The largest absolute Gasteiger partial charge is 0.454 e. The molecule has 2 atom stereocenters. The molecule has 0 aromatic heterocycles. The van der Waals surface area contributed by atoms with Gasteiger partial charge < -0.3 is 19.9 Å². The number of halogens is 2. The van der Waals surface area contributed by atoms with Gasteiger partial charge in [-0.3, -0.25) is 0 Å². The maximum Gasteiger partial charge on any atom is 0.169 e. The van der Waals surface area contributed by atoms with Gasteiger partial charge in [-0.1, -0.05) is 18.2 Å². The molecule has 0 aliphatic carbocycles. The van der Waals surface area contributed by atoms with Gasteiger partial charge in [-0.25, -0.2) is 8.78 Å². The van der Waals surface area contributed by atoms with Gasteiger partial charge in [0.05, 0.1) is 5.60 Å². The summed E-state index contributed by atoms with van der Waals surface area (Å²) in [5.41, 5.74) is -1.24. The lowest BCUT2D eigenvalue weighted by atomic mass is 9.74. The fourth-order valence-corrected chi connectivity index (χ4v) is 4.05. The van der Waals surface area contributed by atoms with Gasteiger partial charge in [0.1, 0.15) is 11.6 Å². The Bertz CT molecular complexity index is 781. The third kappa shape index (κ3) is 5.32. The Kier molecular flexibility index (Phi) is 7.58. The SMILES string of the molecule is COCCCC[C@@](O)(c1cc(F)cc(F)c1Oc1ccccc1)C1CCCNC1. The zero-order chi connectivity index (χ0) is 20.7. The van der Waals surface area contributed by atoms with Gasteiger partial charge in [0.25, 0.3) is 0 Å². The maximum absolute atomic E-state index is 14.8. The van der Waals surface area contributed by atoms with Crippen LogP contribution >= 0.6 is 0 Å². The van der Waals surface area contributed by atoms with Gasteiger partial charge in [-0.05, 0) is 56.8 Å². The minimum atomic E-state index is -1.41. The fourth-order valence-electron chi connectivity index (χ4n) is 4.05. The molecule has 1 unspecified atom stereocenters. The monoisotopic (exact) mass is 405 g/mol. The third-order valence-electron chi connectivity index (χ3n) is 5.57. The van der Waals surface area contributed by atoms with Crippen LogP contribution in [0.15, 0.2) is 42.5 Å². The van der Waals surface area contributed by atoms with E-state index in [-0.39, 0.29) is 17.2 Å². The minimum Gasteiger partial charge on any atom is -0.454 e. The van der Waals surface area contributed by atoms with Gasteiger partial charge >= 0.3 is 0 Å². The zero-order valence-corrected chi connectivity index (χ0v) is 16.8. The molecule has 1 fully saturated rings. The lowest BCUT2D eigenvalue weighted by molar-refractivity contribution is -0.0452. The van der Waals surface area contributed by atoms with Gasteiger partial charge in [-0.2, -0.15) is 0 Å². The van der Waals surface area contributed by atoms with Crippen LogP contribution in [0.25, 0.3) is 0 Å². The zero-order valence-electron chi connectivity index (χ0n) is 16.8. The standard InChI is InChI=1S/C23H29F2NO3/c1-28-13-6-5-11-23(27,17-8-7-12-26-16-17)20-14-18(24)15-21(25)22(20)29-19-9-3-2-4-10-19/h2-4,9-10,14-15,17,26-27H,5-8,11-13,16H2,1H3/t17?,23-/m0/s1. The summed E-state index contributed by atoms with van der Waals surface area (Å²) in [4.78, 5) is 0. The van der Waals surface area contributed by atoms with Crippen molar-refractivity contribution in [2.75, 3.05) is 26.8 Å². The third-order valence-corrected chi connectivity index (χ3v) is 5.57. The summed E-state index contributed by atoms with van der Waals surface area (Å²) in [5.74, 6) is -1.39. The van der Waals surface area contributed by atoms with E-state index in [0.717, 1.165) is 31.9 Å². The van der Waals surface area contributed by atoms with E-state index >= 15 is 0 Å². The van der Waals surface area contributed by atoms with E-state index in [2.05, 4.69) is 5.32 Å². The number of hydrogen-bond acceptors (Lipinski definition) is 4. The van der Waals surface area contributed by atoms with Gasteiger partial charge in [0.2, 0.25) is 0 Å². The fraction of sp³-hybridized carbons (Fsp3) is 0.478. The molecule has 2 N–H and O–H groups in total. The first-order chi connectivity index (χ1) is 14.0. The number of benzene rings is 2. The van der Waals surface area contributed by atoms with E-state index in [9.17, 15) is 13.9 Å². The summed E-state index contributed by atoms with van der Waals surface area (Å²) in [6.45, 7) is 2.04. The highest BCUT2D eigenvalue weighted by atomic mass is 19.1. The molecule has 29 heavy (non-hydrogen) atoms. The van der Waals surface area contributed by atoms with Crippen molar-refractivity contribution in [1.29, 1.82) is 0 Å². The van der Waals surface area contributed by atoms with Crippen LogP contribution in [-0.2, 0) is 10.3 Å². The molecular weight excluding hydrogens is 376 g/mol. The van der Waals surface area contributed by atoms with Crippen molar-refractivity contribution in [3.63, 3.8) is 0 Å². The Hall–Kier alpha value is -2.02. The average molecular weight is 405 g/mol. The van der Waals surface area contributed by atoms with Crippen LogP contribution in [-0.4, -0.2) is 31.9 Å². The molecule has 1 heterocycles. The molecule has 0 amide bonds. The lowest BCUT2D eigenvalue weighted by Gasteiger charge is -2.40. The topological polar surface area (TPSA) is 50.7 Å². The molecule has 3 rings (SSSR count). The van der Waals surface area contributed by atoms with Crippen molar-refractivity contribution in [2.45, 2.75) is 37.7 Å². The van der Waals surface area contributed by atoms with Crippen LogP contribution in [0.4, 0.5) is 8.78 Å². The van der Waals surface area contributed by atoms with Crippen LogP contribution in [0.3, 0.4) is 0 Å². The van der Waals surface area contributed by atoms with E-state index in [4.69, 9.17) is 9.47 Å². The number of methoxy groups -OCH3 is 1. The van der Waals surface area contributed by atoms with Crippen LogP contribution in [0.5, 0.6) is 11.5 Å². The average Bonchev–Trinajstić information content (AvgIpc) is 2.74. The van der Waals surface area contributed by atoms with Crippen molar-refractivity contribution in [3.8, 4) is 11.5 Å². The summed E-state index contributed by atoms with van der Waals surface area (Å²) >= 11 is 0. The molecule has 2 aromatic rings. The Morgan fingerprint density at radius 1 is 1.17 bits per heavy atom. The molecule has 0 saturated carbocycles. The first-order valence-corrected chi connectivity index (χ1v) is 10.2. The summed E-state index contributed by atoms with van der Waals surface area (Å²) in [6.07, 6.45) is 3.47. The van der Waals surface area contributed by atoms with E-state index < -0.39 is 17.2 Å². The van der Waals surface area contributed by atoms with E-state index in [1.807, 2.05) is 6.07 Å². The van der Waals surface area contributed by atoms with E-state index in [1.165, 1.54) is 6.07 Å². The smallest absolute Gasteiger partial charge is 0.169 e. The highest BCUT2D eigenvalue weighted by Gasteiger charge is 2.42. The first kappa shape index (κ1) is 21.7. The van der Waals surface area contributed by atoms with Gasteiger partial charge in [0, 0.05) is 37.8 Å². The number of piperidine rings is 1. The summed E-state index contributed by atoms with van der Waals surface area (Å²) in [7, 11) is 1.63. The second kappa shape index (κ2) is 10.1. The van der Waals surface area contributed by atoms with Crippen molar-refractivity contribution < 1.29 is 23.4 Å². The molecule has 2 aromatic carbocycles. The molecule has 0 radical (unpaired) electrons. The Balaban J connectivity index is 2.00. The highest BCUT2D eigenvalue weighted by Crippen LogP contribution is 2.44. The van der Waals surface area contributed by atoms with Gasteiger partial charge in [-0.15, -0.1) is 0 Å². The summed E-state index contributed by atoms with van der Waals surface area (Å²) in [6, 6.07) is 10.8. The molecular formula is C23H29F2NO3. The Morgan fingerprint density at radius 3 is 2.66 bits per heavy atom. The molecule has 0 spiro atoms. The predicted octanol–water partition coefficient (Wildman–Crippen LogP) is 4.76. The van der Waals surface area contributed by atoms with E-state index in [0.29, 0.717) is 31.7 Å². The Morgan fingerprint density at radius 2 is 1.97 bits per heavy atom. The van der Waals surface area contributed by atoms with Crippen LogP contribution in [0.1, 0.15) is 37.7 Å². The molecule has 1 aliphatic rings. The number of aliphatic hydroxyl groups is 1. The maximum atomic E-state index is 14.8. The number of unbranched alkanes of at least 4 members (excludes halogenated alkanes) is 1. The highest BCUT2D eigenvalue weighted by molar-refractivity contribution is 5.43. The molecule has 1 saturated heterocycles. The van der Waals surface area contributed by atoms with Crippen LogP contribution in [0.2, 0.25) is 0 Å². The number of ether oxygens (including phenoxy) is 2. The van der Waals surface area contributed by atoms with Crippen molar-refractivity contribution in [2.24, 2.45) is 5.92 Å². The van der Waals surface area contributed by atoms with Crippen LogP contribution < -0.4 is 10.1 Å². The van der Waals surface area contributed by atoms with Crippen molar-refractivity contribution >= 4 is 0 Å². The molecule has 158 valence electrons. The van der Waals surface area contributed by atoms with Crippen LogP contribution in [0, 0.1) is 17.6 Å². The number of nitrogens with one attached hydrogen (secondary N) is 1. The molecule has 1 aliphatic heterocycles. The molecule has 6 heteroatoms. The quantitative estimate of drug-likeness (QED) is 0.591. The van der Waals surface area contributed by atoms with Gasteiger partial charge in [0.15, 0.2) is 11.6 Å². The number of para-hydroxylation sites is 1. The minimum absolute atomic E-state index is 0.114. The summed E-state index contributed by atoms with van der Waals surface area (Å²) < 4.78 is 40.0. The number of rotatable bonds is 9. The number of hydrogen-bond donors (Lipinski definition) is 2.